The number of nitrogens with one attached hydrogen (secondary N) is 1. The normalized spacial score (nSPS) is 12.0. The molecule has 1 atom stereocenters. The minimum atomic E-state index is -0.877. The number of thiazole rings is 1. The monoisotopic (exact) mass is 322 g/mol. The lowest BCUT2D eigenvalue weighted by atomic mass is 10.0. The molecular weight excluding hydrogens is 304 g/mol. The van der Waals surface area contributed by atoms with Gasteiger partial charge in [-0.05, 0) is 12.5 Å². The molecule has 0 fully saturated rings. The van der Waals surface area contributed by atoms with E-state index in [4.69, 9.17) is 9.52 Å². The summed E-state index contributed by atoms with van der Waals surface area (Å²) >= 11 is 1.44. The zero-order chi connectivity index (χ0) is 15.9. The van der Waals surface area contributed by atoms with E-state index in [1.165, 1.54) is 11.3 Å². The first-order valence-corrected chi connectivity index (χ1v) is 7.94. The van der Waals surface area contributed by atoms with E-state index in [1.807, 2.05) is 18.4 Å². The van der Waals surface area contributed by atoms with Crippen molar-refractivity contribution in [2.24, 2.45) is 5.92 Å². The molecule has 0 saturated carbocycles. The first-order chi connectivity index (χ1) is 10.6. The van der Waals surface area contributed by atoms with Gasteiger partial charge in [0.1, 0.15) is 11.3 Å². The predicted octanol–water partition coefficient (Wildman–Crippen LogP) is 2.56. The highest BCUT2D eigenvalue weighted by Gasteiger charge is 2.17. The molecule has 0 radical (unpaired) electrons. The highest BCUT2D eigenvalue weighted by Crippen LogP contribution is 2.24. The predicted molar refractivity (Wildman–Crippen MR) is 82.6 cm³/mol. The van der Waals surface area contributed by atoms with Gasteiger partial charge in [-0.1, -0.05) is 13.3 Å². The number of rotatable bonds is 8. The molecule has 0 aliphatic rings. The smallest absolute Gasteiger partial charge is 0.308 e. The summed E-state index contributed by atoms with van der Waals surface area (Å²) in [6, 6.07) is 1.81. The van der Waals surface area contributed by atoms with Crippen LogP contribution in [0.2, 0.25) is 0 Å². The van der Waals surface area contributed by atoms with Crippen molar-refractivity contribution in [3.05, 3.63) is 29.7 Å². The molecule has 0 aliphatic carbocycles. The van der Waals surface area contributed by atoms with Crippen LogP contribution >= 0.6 is 11.3 Å². The molecule has 0 aliphatic heterocycles. The van der Waals surface area contributed by atoms with Crippen molar-refractivity contribution in [2.45, 2.75) is 26.2 Å². The number of carbonyl (C=O) groups is 2. The van der Waals surface area contributed by atoms with Gasteiger partial charge in [-0.25, -0.2) is 4.98 Å². The molecule has 118 valence electrons. The van der Waals surface area contributed by atoms with Gasteiger partial charge in [-0.15, -0.1) is 11.3 Å². The Morgan fingerprint density at radius 2 is 2.32 bits per heavy atom. The first-order valence-electron chi connectivity index (χ1n) is 7.06. The van der Waals surface area contributed by atoms with Crippen LogP contribution in [0, 0.1) is 5.92 Å². The summed E-state index contributed by atoms with van der Waals surface area (Å²) in [6.07, 6.45) is 4.64. The van der Waals surface area contributed by atoms with Crippen molar-refractivity contribution in [3.63, 3.8) is 0 Å². The Labute approximate surface area is 132 Å². The summed E-state index contributed by atoms with van der Waals surface area (Å²) in [5.41, 5.74) is 1.55. The second-order valence-corrected chi connectivity index (χ2v) is 5.82. The third kappa shape index (κ3) is 4.42. The minimum absolute atomic E-state index is 0.146. The third-order valence-electron chi connectivity index (χ3n) is 3.19. The van der Waals surface area contributed by atoms with Crippen LogP contribution < -0.4 is 5.32 Å². The Morgan fingerprint density at radius 1 is 1.50 bits per heavy atom. The van der Waals surface area contributed by atoms with Crippen LogP contribution in [0.5, 0.6) is 0 Å². The zero-order valence-electron chi connectivity index (χ0n) is 12.2. The van der Waals surface area contributed by atoms with E-state index in [9.17, 15) is 9.59 Å². The van der Waals surface area contributed by atoms with Crippen LogP contribution in [-0.4, -0.2) is 28.5 Å². The van der Waals surface area contributed by atoms with Crippen molar-refractivity contribution in [2.75, 3.05) is 6.54 Å². The van der Waals surface area contributed by atoms with E-state index in [2.05, 4.69) is 10.3 Å². The highest BCUT2D eigenvalue weighted by molar-refractivity contribution is 7.13. The summed E-state index contributed by atoms with van der Waals surface area (Å²) in [5.74, 6) is -1.63. The van der Waals surface area contributed by atoms with Gasteiger partial charge < -0.3 is 14.8 Å². The van der Waals surface area contributed by atoms with Crippen LogP contribution in [0.4, 0.5) is 0 Å². The van der Waals surface area contributed by atoms with E-state index in [1.54, 1.807) is 12.5 Å². The number of carbonyl (C=O) groups excluding carboxylic acids is 1. The second-order valence-electron chi connectivity index (χ2n) is 4.96. The quantitative estimate of drug-likeness (QED) is 0.779. The Kier molecular flexibility index (Phi) is 5.71. The molecule has 6 nitrogen and oxygen atoms in total. The molecule has 7 heteroatoms. The molecule has 2 heterocycles. The fourth-order valence-corrected chi connectivity index (χ4v) is 2.84. The van der Waals surface area contributed by atoms with E-state index in [0.29, 0.717) is 12.1 Å². The van der Waals surface area contributed by atoms with Crippen molar-refractivity contribution in [1.29, 1.82) is 0 Å². The minimum Gasteiger partial charge on any atom is -0.481 e. The van der Waals surface area contributed by atoms with Gasteiger partial charge in [-0.3, -0.25) is 9.59 Å². The van der Waals surface area contributed by atoms with Crippen LogP contribution in [0.3, 0.4) is 0 Å². The number of furan rings is 1. The molecule has 0 aromatic carbocycles. The topological polar surface area (TPSA) is 92.4 Å². The summed E-state index contributed by atoms with van der Waals surface area (Å²) < 4.78 is 5.00. The lowest BCUT2D eigenvalue weighted by molar-refractivity contribution is -0.141. The average molecular weight is 322 g/mol. The summed E-state index contributed by atoms with van der Waals surface area (Å²) in [5, 5.41) is 14.3. The molecule has 1 unspecified atom stereocenters. The van der Waals surface area contributed by atoms with Gasteiger partial charge >= 0.3 is 5.97 Å². The van der Waals surface area contributed by atoms with Crippen LogP contribution in [0.1, 0.15) is 25.5 Å². The van der Waals surface area contributed by atoms with E-state index in [0.717, 1.165) is 17.0 Å². The lowest BCUT2D eigenvalue weighted by Crippen LogP contribution is -2.33. The van der Waals surface area contributed by atoms with Gasteiger partial charge in [0.2, 0.25) is 5.91 Å². The van der Waals surface area contributed by atoms with E-state index in [-0.39, 0.29) is 18.9 Å². The molecule has 0 saturated heterocycles. The number of hydrogen-bond donors (Lipinski definition) is 2. The van der Waals surface area contributed by atoms with Gasteiger partial charge in [0.15, 0.2) is 0 Å². The van der Waals surface area contributed by atoms with Gasteiger partial charge in [0.25, 0.3) is 0 Å². The maximum Gasteiger partial charge on any atom is 0.308 e. The van der Waals surface area contributed by atoms with Crippen molar-refractivity contribution in [1.82, 2.24) is 10.3 Å². The summed E-state index contributed by atoms with van der Waals surface area (Å²) in [6.45, 7) is 2.07. The molecular formula is C15H18N2O4S. The maximum absolute atomic E-state index is 11.9. The number of hydrogen-bond acceptors (Lipinski definition) is 5. The molecule has 0 spiro atoms. The SMILES string of the molecule is CCCC(CNC(=O)Cc1csc(-c2ccoc2)n1)C(=O)O. The Morgan fingerprint density at radius 3 is 2.95 bits per heavy atom. The number of carboxylic acids is 1. The molecule has 2 aromatic rings. The molecule has 22 heavy (non-hydrogen) atoms. The van der Waals surface area contributed by atoms with Gasteiger partial charge in [-0.2, -0.15) is 0 Å². The van der Waals surface area contributed by atoms with E-state index < -0.39 is 11.9 Å². The number of aromatic nitrogens is 1. The maximum atomic E-state index is 11.9. The second kappa shape index (κ2) is 7.74. The van der Waals surface area contributed by atoms with Crippen molar-refractivity contribution < 1.29 is 19.1 Å². The number of amides is 1. The summed E-state index contributed by atoms with van der Waals surface area (Å²) in [7, 11) is 0. The number of carboxylic acid groups (broad SMARTS) is 1. The van der Waals surface area contributed by atoms with Crippen molar-refractivity contribution >= 4 is 23.2 Å². The molecule has 2 aromatic heterocycles. The molecule has 2 rings (SSSR count). The fourth-order valence-electron chi connectivity index (χ4n) is 2.03. The Hall–Kier alpha value is -2.15. The van der Waals surface area contributed by atoms with Gasteiger partial charge in [0, 0.05) is 17.5 Å². The van der Waals surface area contributed by atoms with Crippen LogP contribution in [0.15, 0.2) is 28.4 Å². The molecule has 0 bridgehead atoms. The largest absolute Gasteiger partial charge is 0.481 e. The number of nitrogens with zero attached hydrogens (tertiary/aromatic N) is 1. The third-order valence-corrected chi connectivity index (χ3v) is 4.13. The lowest BCUT2D eigenvalue weighted by Gasteiger charge is -2.11. The first kappa shape index (κ1) is 16.2. The zero-order valence-corrected chi connectivity index (χ0v) is 13.1. The molecule has 2 N–H and O–H groups in total. The Bertz CT molecular complexity index is 621. The summed E-state index contributed by atoms with van der Waals surface area (Å²) in [4.78, 5) is 27.3. The average Bonchev–Trinajstić information content (AvgIpc) is 3.13. The highest BCUT2D eigenvalue weighted by atomic mass is 32.1. The van der Waals surface area contributed by atoms with Crippen molar-refractivity contribution in [3.8, 4) is 10.6 Å². The van der Waals surface area contributed by atoms with Gasteiger partial charge in [0.05, 0.1) is 24.3 Å². The molecule has 1 amide bonds. The Balaban J connectivity index is 1.86. The van der Waals surface area contributed by atoms with Crippen LogP contribution in [-0.2, 0) is 16.0 Å². The fraction of sp³-hybridized carbons (Fsp3) is 0.400. The standard InChI is InChI=1S/C15H18N2O4S/c1-2-3-10(15(19)20)7-16-13(18)6-12-9-22-14(17-12)11-4-5-21-8-11/h4-5,8-10H,2-3,6-7H2,1H3,(H,16,18)(H,19,20). The van der Waals surface area contributed by atoms with E-state index >= 15 is 0 Å². The van der Waals surface area contributed by atoms with Crippen LogP contribution in [0.25, 0.3) is 10.6 Å². The number of aliphatic carboxylic acids is 1.